The predicted octanol–water partition coefficient (Wildman–Crippen LogP) is 4.49. The van der Waals surface area contributed by atoms with Crippen LogP contribution >= 0.6 is 11.6 Å². The summed E-state index contributed by atoms with van der Waals surface area (Å²) in [6.45, 7) is 0.471. The fraction of sp³-hybridized carbons (Fsp3) is 0.125. The molecule has 0 bridgehead atoms. The lowest BCUT2D eigenvalue weighted by atomic mass is 10.2. The zero-order valence-corrected chi connectivity index (χ0v) is 11.7. The van der Waals surface area contributed by atoms with Gasteiger partial charge in [-0.05, 0) is 36.4 Å². The van der Waals surface area contributed by atoms with Crippen LogP contribution in [-0.2, 0) is 6.54 Å². The smallest absolute Gasteiger partial charge is 0.129 e. The molecule has 0 N–H and O–H groups in total. The first-order valence-electron chi connectivity index (χ1n) is 6.24. The highest BCUT2D eigenvalue weighted by Gasteiger charge is 2.07. The first-order valence-corrected chi connectivity index (χ1v) is 6.62. The molecule has 20 heavy (non-hydrogen) atoms. The van der Waals surface area contributed by atoms with E-state index in [-0.39, 0.29) is 5.82 Å². The average Bonchev–Trinajstić information content (AvgIpc) is 2.84. The van der Waals surface area contributed by atoms with Crippen LogP contribution in [0.15, 0.2) is 48.7 Å². The molecule has 1 aromatic heterocycles. The summed E-state index contributed by atoms with van der Waals surface area (Å²) < 4.78 is 21.0. The number of hydrogen-bond acceptors (Lipinski definition) is 1. The maximum Gasteiger partial charge on any atom is 0.129 e. The fourth-order valence-corrected chi connectivity index (χ4v) is 2.44. The standard InChI is InChI=1S/C16H13ClFNO/c1-20-14-4-5-16-11(8-14)6-7-19(16)10-12-2-3-13(17)9-15(12)18/h2-9H,10H2,1H3. The molecule has 1 heterocycles. The van der Waals surface area contributed by atoms with Crippen molar-refractivity contribution in [1.82, 2.24) is 4.57 Å². The van der Waals surface area contributed by atoms with Gasteiger partial charge < -0.3 is 9.30 Å². The number of ether oxygens (including phenoxy) is 1. The molecule has 4 heteroatoms. The van der Waals surface area contributed by atoms with E-state index in [4.69, 9.17) is 16.3 Å². The minimum Gasteiger partial charge on any atom is -0.497 e. The van der Waals surface area contributed by atoms with Gasteiger partial charge in [0.15, 0.2) is 0 Å². The predicted molar refractivity (Wildman–Crippen MR) is 79.0 cm³/mol. The van der Waals surface area contributed by atoms with Crippen molar-refractivity contribution in [3.05, 3.63) is 65.1 Å². The van der Waals surface area contributed by atoms with Crippen LogP contribution in [0.1, 0.15) is 5.56 Å². The maximum atomic E-state index is 13.8. The van der Waals surface area contributed by atoms with Crippen molar-refractivity contribution in [2.45, 2.75) is 6.54 Å². The van der Waals surface area contributed by atoms with E-state index in [1.165, 1.54) is 6.07 Å². The summed E-state index contributed by atoms with van der Waals surface area (Å²) in [5.74, 6) is 0.529. The molecule has 0 saturated carbocycles. The van der Waals surface area contributed by atoms with Gasteiger partial charge in [-0.15, -0.1) is 0 Å². The molecule has 0 amide bonds. The van der Waals surface area contributed by atoms with E-state index < -0.39 is 0 Å². The molecule has 0 aliphatic carbocycles. The zero-order valence-electron chi connectivity index (χ0n) is 10.9. The van der Waals surface area contributed by atoms with Crippen molar-refractivity contribution < 1.29 is 9.13 Å². The van der Waals surface area contributed by atoms with Crippen molar-refractivity contribution in [2.75, 3.05) is 7.11 Å². The van der Waals surface area contributed by atoms with Crippen LogP contribution in [0.5, 0.6) is 5.75 Å². The Morgan fingerprint density at radius 3 is 2.75 bits per heavy atom. The van der Waals surface area contributed by atoms with Gasteiger partial charge in [-0.3, -0.25) is 0 Å². The van der Waals surface area contributed by atoms with Gasteiger partial charge in [0, 0.05) is 27.7 Å². The quantitative estimate of drug-likeness (QED) is 0.693. The summed E-state index contributed by atoms with van der Waals surface area (Å²) >= 11 is 5.77. The lowest BCUT2D eigenvalue weighted by molar-refractivity contribution is 0.415. The number of halogens is 2. The summed E-state index contributed by atoms with van der Waals surface area (Å²) in [6.07, 6.45) is 1.94. The van der Waals surface area contributed by atoms with Crippen molar-refractivity contribution >= 4 is 22.5 Å². The number of rotatable bonds is 3. The van der Waals surface area contributed by atoms with Crippen molar-refractivity contribution in [3.63, 3.8) is 0 Å². The van der Waals surface area contributed by atoms with E-state index in [2.05, 4.69) is 0 Å². The Morgan fingerprint density at radius 1 is 1.15 bits per heavy atom. The number of methoxy groups -OCH3 is 1. The molecule has 0 unspecified atom stereocenters. The van der Waals surface area contributed by atoms with Crippen LogP contribution in [0.25, 0.3) is 10.9 Å². The molecule has 3 rings (SSSR count). The summed E-state index contributed by atoms with van der Waals surface area (Å²) in [6, 6.07) is 12.6. The van der Waals surface area contributed by atoms with Gasteiger partial charge in [0.1, 0.15) is 11.6 Å². The van der Waals surface area contributed by atoms with Crippen LogP contribution < -0.4 is 4.74 Å². The molecule has 0 atom stereocenters. The summed E-state index contributed by atoms with van der Waals surface area (Å²) in [5.41, 5.74) is 1.66. The highest BCUT2D eigenvalue weighted by Crippen LogP contribution is 2.23. The number of aromatic nitrogens is 1. The Balaban J connectivity index is 1.98. The summed E-state index contributed by atoms with van der Waals surface area (Å²) in [5, 5.41) is 1.48. The SMILES string of the molecule is COc1ccc2c(ccn2Cc2ccc(Cl)cc2F)c1. The summed E-state index contributed by atoms with van der Waals surface area (Å²) in [7, 11) is 1.64. The molecular weight excluding hydrogens is 277 g/mol. The lowest BCUT2D eigenvalue weighted by Crippen LogP contribution is -2.00. The second kappa shape index (κ2) is 5.17. The van der Waals surface area contributed by atoms with Crippen LogP contribution in [0.2, 0.25) is 5.02 Å². The van der Waals surface area contributed by atoms with Crippen molar-refractivity contribution in [2.24, 2.45) is 0 Å². The minimum atomic E-state index is -0.284. The maximum absolute atomic E-state index is 13.8. The number of benzene rings is 2. The molecule has 0 radical (unpaired) electrons. The zero-order chi connectivity index (χ0) is 14.1. The van der Waals surface area contributed by atoms with Gasteiger partial charge in [0.2, 0.25) is 0 Å². The molecule has 0 spiro atoms. The molecule has 2 nitrogen and oxygen atoms in total. The largest absolute Gasteiger partial charge is 0.497 e. The van der Waals surface area contributed by atoms with E-state index in [1.54, 1.807) is 19.2 Å². The molecule has 0 saturated heterocycles. The van der Waals surface area contributed by atoms with Crippen LogP contribution in [-0.4, -0.2) is 11.7 Å². The molecule has 0 aliphatic heterocycles. The van der Waals surface area contributed by atoms with Gasteiger partial charge in [0.05, 0.1) is 13.7 Å². The van der Waals surface area contributed by atoms with Gasteiger partial charge in [-0.2, -0.15) is 0 Å². The Kier molecular flexibility index (Phi) is 3.36. The van der Waals surface area contributed by atoms with E-state index in [0.29, 0.717) is 17.1 Å². The van der Waals surface area contributed by atoms with E-state index in [9.17, 15) is 4.39 Å². The normalized spacial score (nSPS) is 10.9. The molecule has 3 aromatic rings. The molecular formula is C16H13ClFNO. The first-order chi connectivity index (χ1) is 9.67. The Hall–Kier alpha value is -2.00. The second-order valence-corrected chi connectivity index (χ2v) is 5.04. The third-order valence-corrected chi connectivity index (χ3v) is 3.57. The highest BCUT2D eigenvalue weighted by atomic mass is 35.5. The van der Waals surface area contributed by atoms with Gasteiger partial charge in [-0.1, -0.05) is 17.7 Å². The van der Waals surface area contributed by atoms with E-state index in [1.807, 2.05) is 35.0 Å². The third-order valence-electron chi connectivity index (χ3n) is 3.33. The van der Waals surface area contributed by atoms with Crippen LogP contribution in [0.3, 0.4) is 0 Å². The van der Waals surface area contributed by atoms with Crippen molar-refractivity contribution in [1.29, 1.82) is 0 Å². The van der Waals surface area contributed by atoms with Gasteiger partial charge in [0.25, 0.3) is 0 Å². The van der Waals surface area contributed by atoms with Crippen LogP contribution in [0.4, 0.5) is 4.39 Å². The molecule has 0 aliphatic rings. The van der Waals surface area contributed by atoms with Crippen LogP contribution in [0, 0.1) is 5.82 Å². The summed E-state index contributed by atoms with van der Waals surface area (Å²) in [4.78, 5) is 0. The highest BCUT2D eigenvalue weighted by molar-refractivity contribution is 6.30. The molecule has 102 valence electrons. The van der Waals surface area contributed by atoms with E-state index >= 15 is 0 Å². The Bertz CT molecular complexity index is 766. The third kappa shape index (κ3) is 2.37. The lowest BCUT2D eigenvalue weighted by Gasteiger charge is -2.08. The monoisotopic (exact) mass is 289 g/mol. The van der Waals surface area contributed by atoms with Gasteiger partial charge in [-0.25, -0.2) is 4.39 Å². The number of hydrogen-bond donors (Lipinski definition) is 0. The average molecular weight is 290 g/mol. The fourth-order valence-electron chi connectivity index (χ4n) is 2.28. The Labute approximate surface area is 121 Å². The minimum absolute atomic E-state index is 0.284. The molecule has 0 fully saturated rings. The molecule has 2 aromatic carbocycles. The topological polar surface area (TPSA) is 14.2 Å². The van der Waals surface area contributed by atoms with Crippen molar-refractivity contribution in [3.8, 4) is 5.75 Å². The second-order valence-electron chi connectivity index (χ2n) is 4.60. The number of fused-ring (bicyclic) bond motifs is 1. The first kappa shape index (κ1) is 13.0. The van der Waals surface area contributed by atoms with E-state index in [0.717, 1.165) is 16.7 Å². The van der Waals surface area contributed by atoms with Gasteiger partial charge >= 0.3 is 0 Å². The Morgan fingerprint density at radius 2 is 2.00 bits per heavy atom. The number of nitrogens with zero attached hydrogens (tertiary/aromatic N) is 1.